The number of halogens is 7. The Morgan fingerprint density at radius 1 is 0.812 bits per heavy atom. The van der Waals surface area contributed by atoms with E-state index in [1.807, 2.05) is 6.92 Å². The van der Waals surface area contributed by atoms with Gasteiger partial charge in [0.05, 0.1) is 5.56 Å². The van der Waals surface area contributed by atoms with Crippen molar-refractivity contribution in [3.8, 4) is 22.6 Å². The predicted molar refractivity (Wildman–Crippen MR) is 103 cm³/mol. The molecule has 170 valence electrons. The molecule has 2 nitrogen and oxygen atoms in total. The number of alkyl halides is 3. The van der Waals surface area contributed by atoms with Crippen molar-refractivity contribution in [1.82, 2.24) is 0 Å². The van der Waals surface area contributed by atoms with E-state index in [0.717, 1.165) is 18.1 Å². The van der Waals surface area contributed by atoms with Crippen LogP contribution in [0.15, 0.2) is 42.5 Å². The third kappa shape index (κ3) is 5.15. The number of hydrogen-bond donors (Lipinski definition) is 1. The van der Waals surface area contributed by atoms with Crippen molar-refractivity contribution in [3.05, 3.63) is 82.4 Å². The van der Waals surface area contributed by atoms with Crippen molar-refractivity contribution in [2.75, 3.05) is 0 Å². The zero-order chi connectivity index (χ0) is 23.6. The molecule has 0 aromatic heterocycles. The van der Waals surface area contributed by atoms with Gasteiger partial charge in [0, 0.05) is 11.6 Å². The van der Waals surface area contributed by atoms with Gasteiger partial charge in [-0.05, 0) is 48.1 Å². The molecule has 0 saturated heterocycles. The summed E-state index contributed by atoms with van der Waals surface area (Å²) in [5.41, 5.74) is 0.488. The summed E-state index contributed by atoms with van der Waals surface area (Å²) in [6, 6.07) is 8.55. The fourth-order valence-electron chi connectivity index (χ4n) is 3.30. The smallest absolute Gasteiger partial charge is 0.507 e. The largest absolute Gasteiger partial charge is 0.573 e. The number of phenols is 1. The lowest BCUT2D eigenvalue weighted by molar-refractivity contribution is -0.276. The number of aromatic hydroxyl groups is 1. The van der Waals surface area contributed by atoms with E-state index in [1.54, 1.807) is 24.3 Å². The van der Waals surface area contributed by atoms with Gasteiger partial charge in [0.15, 0.2) is 11.6 Å². The summed E-state index contributed by atoms with van der Waals surface area (Å²) in [6.07, 6.45) is -5.19. The lowest BCUT2D eigenvalue weighted by Crippen LogP contribution is -2.19. The van der Waals surface area contributed by atoms with Gasteiger partial charge in [0.1, 0.15) is 17.4 Å². The van der Waals surface area contributed by atoms with Crippen LogP contribution < -0.4 is 4.74 Å². The van der Waals surface area contributed by atoms with Crippen molar-refractivity contribution in [1.29, 1.82) is 0 Å². The first-order valence-electron chi connectivity index (χ1n) is 9.53. The Labute approximate surface area is 178 Å². The molecule has 3 aromatic rings. The molecule has 3 rings (SSSR count). The van der Waals surface area contributed by atoms with Crippen molar-refractivity contribution in [2.45, 2.75) is 32.5 Å². The molecule has 0 amide bonds. The summed E-state index contributed by atoms with van der Waals surface area (Å²) < 4.78 is 97.3. The number of benzene rings is 3. The Hall–Kier alpha value is -3.23. The molecule has 0 unspecified atom stereocenters. The second-order valence-electron chi connectivity index (χ2n) is 7.03. The molecule has 1 N–H and O–H groups in total. The molecule has 0 fully saturated rings. The number of rotatable bonds is 6. The first-order valence-corrected chi connectivity index (χ1v) is 9.53. The summed E-state index contributed by atoms with van der Waals surface area (Å²) in [4.78, 5) is 0. The van der Waals surface area contributed by atoms with Crippen LogP contribution in [0.4, 0.5) is 30.7 Å². The summed E-state index contributed by atoms with van der Waals surface area (Å²) in [5, 5.41) is 10.1. The van der Waals surface area contributed by atoms with Gasteiger partial charge in [0.2, 0.25) is 5.75 Å². The average Bonchev–Trinajstić information content (AvgIpc) is 2.70. The standard InChI is InChI=1S/C23H17F7O2/c1-2-12-3-6-14(7-4-12)20-19(31)11-16(24)15(21(20)27)8-5-13-9-17(25)22(18(26)10-13)32-23(28,29)30/h3-4,6-7,9-11,31H,2,5,8H2,1H3. The van der Waals surface area contributed by atoms with E-state index >= 15 is 4.39 Å². The van der Waals surface area contributed by atoms with Gasteiger partial charge in [-0.2, -0.15) is 0 Å². The van der Waals surface area contributed by atoms with E-state index in [1.165, 1.54) is 0 Å². The normalized spacial score (nSPS) is 11.6. The van der Waals surface area contributed by atoms with Crippen molar-refractivity contribution < 1.29 is 40.6 Å². The van der Waals surface area contributed by atoms with Crippen LogP contribution in [0.1, 0.15) is 23.6 Å². The third-order valence-electron chi connectivity index (χ3n) is 4.88. The molecule has 0 radical (unpaired) electrons. The second kappa shape index (κ2) is 9.10. The van der Waals surface area contributed by atoms with Crippen LogP contribution in [0.25, 0.3) is 11.1 Å². The summed E-state index contributed by atoms with van der Waals surface area (Å²) in [7, 11) is 0. The second-order valence-corrected chi connectivity index (χ2v) is 7.03. The molecule has 3 aromatic carbocycles. The highest BCUT2D eigenvalue weighted by molar-refractivity contribution is 5.72. The maximum absolute atomic E-state index is 15.1. The number of phenolic OH excluding ortho intramolecular Hbond substituents is 1. The molecule has 0 aliphatic heterocycles. The molecule has 0 atom stereocenters. The molecule has 0 heterocycles. The fraction of sp³-hybridized carbons (Fsp3) is 0.217. The van der Waals surface area contributed by atoms with Crippen LogP contribution in [-0.2, 0) is 19.3 Å². The average molecular weight is 458 g/mol. The van der Waals surface area contributed by atoms with Gasteiger partial charge in [0.25, 0.3) is 0 Å². The van der Waals surface area contributed by atoms with E-state index in [0.29, 0.717) is 17.7 Å². The quantitative estimate of drug-likeness (QED) is 0.409. The Balaban J connectivity index is 1.90. The SMILES string of the molecule is CCc1ccc(-c2c(O)cc(F)c(CCc3cc(F)c(OC(F)(F)F)c(F)c3)c2F)cc1. The van der Waals surface area contributed by atoms with E-state index in [9.17, 15) is 31.4 Å². The van der Waals surface area contributed by atoms with Gasteiger partial charge in [-0.25, -0.2) is 17.6 Å². The molecule has 0 aliphatic rings. The Bertz CT molecular complexity index is 1100. The van der Waals surface area contributed by atoms with Crippen LogP contribution in [0.2, 0.25) is 0 Å². The van der Waals surface area contributed by atoms with Crippen LogP contribution >= 0.6 is 0 Å². The van der Waals surface area contributed by atoms with Crippen LogP contribution in [0.5, 0.6) is 11.5 Å². The van der Waals surface area contributed by atoms with Crippen LogP contribution in [-0.4, -0.2) is 11.5 Å². The highest BCUT2D eigenvalue weighted by atomic mass is 19.4. The molecule has 0 bridgehead atoms. The van der Waals surface area contributed by atoms with Crippen LogP contribution in [0.3, 0.4) is 0 Å². The maximum Gasteiger partial charge on any atom is 0.573 e. The minimum Gasteiger partial charge on any atom is -0.507 e. The van der Waals surface area contributed by atoms with Crippen molar-refractivity contribution >= 4 is 0 Å². The molecular weight excluding hydrogens is 441 g/mol. The van der Waals surface area contributed by atoms with Crippen molar-refractivity contribution in [3.63, 3.8) is 0 Å². The topological polar surface area (TPSA) is 29.5 Å². The lowest BCUT2D eigenvalue weighted by Gasteiger charge is -2.14. The Kier molecular flexibility index (Phi) is 6.66. The Morgan fingerprint density at radius 3 is 1.94 bits per heavy atom. The first-order chi connectivity index (χ1) is 15.0. The molecule has 0 spiro atoms. The Morgan fingerprint density at radius 2 is 1.41 bits per heavy atom. The minimum atomic E-state index is -5.28. The molecule has 32 heavy (non-hydrogen) atoms. The zero-order valence-corrected chi connectivity index (χ0v) is 16.7. The van der Waals surface area contributed by atoms with E-state index in [-0.39, 0.29) is 24.0 Å². The van der Waals surface area contributed by atoms with Gasteiger partial charge in [-0.1, -0.05) is 31.2 Å². The van der Waals surface area contributed by atoms with Crippen molar-refractivity contribution in [2.24, 2.45) is 0 Å². The zero-order valence-electron chi connectivity index (χ0n) is 16.7. The predicted octanol–water partition coefficient (Wildman–Crippen LogP) is 6.86. The molecule has 0 aliphatic carbocycles. The number of aryl methyl sites for hydroxylation is 2. The summed E-state index contributed by atoms with van der Waals surface area (Å²) in [5.74, 6) is -7.52. The van der Waals surface area contributed by atoms with Crippen LogP contribution in [0, 0.1) is 23.3 Å². The fourth-order valence-corrected chi connectivity index (χ4v) is 3.30. The van der Waals surface area contributed by atoms with Gasteiger partial charge in [-0.15, -0.1) is 13.2 Å². The number of hydrogen-bond acceptors (Lipinski definition) is 2. The summed E-state index contributed by atoms with van der Waals surface area (Å²) >= 11 is 0. The minimum absolute atomic E-state index is 0.129. The van der Waals surface area contributed by atoms with E-state index in [2.05, 4.69) is 4.74 Å². The highest BCUT2D eigenvalue weighted by Gasteiger charge is 2.34. The molecule has 0 saturated carbocycles. The van der Waals surface area contributed by atoms with Gasteiger partial charge in [-0.3, -0.25) is 0 Å². The maximum atomic E-state index is 15.1. The first kappa shape index (κ1) is 23.4. The summed E-state index contributed by atoms with van der Waals surface area (Å²) in [6.45, 7) is 1.93. The van der Waals surface area contributed by atoms with Gasteiger partial charge < -0.3 is 9.84 Å². The molecular formula is C23H17F7O2. The van der Waals surface area contributed by atoms with Gasteiger partial charge >= 0.3 is 6.36 Å². The molecule has 9 heteroatoms. The van der Waals surface area contributed by atoms with E-state index in [4.69, 9.17) is 0 Å². The number of ether oxygens (including phenoxy) is 1. The lowest BCUT2D eigenvalue weighted by atomic mass is 9.96. The monoisotopic (exact) mass is 458 g/mol. The van der Waals surface area contributed by atoms with E-state index < -0.39 is 46.7 Å². The highest BCUT2D eigenvalue weighted by Crippen LogP contribution is 2.36. The third-order valence-corrected chi connectivity index (χ3v) is 4.88.